The number of hydrogen-bond donors (Lipinski definition) is 1. The van der Waals surface area contributed by atoms with Crippen LogP contribution in [0, 0.1) is 0 Å². The number of thioether (sulfide) groups is 1. The largest absolute Gasteiger partial charge is 0.507 e. The number of anilines is 1. The second-order valence-electron chi connectivity index (χ2n) is 8.61. The Labute approximate surface area is 248 Å². The first-order chi connectivity index (χ1) is 19.4. The Morgan fingerprint density at radius 3 is 2.45 bits per heavy atom. The molecule has 0 bridgehead atoms. The predicted octanol–water partition coefficient (Wildman–Crippen LogP) is 7.33. The molecule has 4 aromatic rings. The first-order valence-electron chi connectivity index (χ1n) is 12.0. The van der Waals surface area contributed by atoms with Crippen molar-refractivity contribution in [1.29, 1.82) is 0 Å². The molecule has 202 valence electrons. The number of aliphatic hydroxyl groups excluding tert-OH is 1. The number of rotatable bonds is 9. The average Bonchev–Trinajstić information content (AvgIpc) is 3.53. The van der Waals surface area contributed by atoms with Gasteiger partial charge in [-0.1, -0.05) is 83.2 Å². The van der Waals surface area contributed by atoms with Crippen molar-refractivity contribution in [2.45, 2.75) is 16.1 Å². The molecule has 0 aliphatic carbocycles. The number of ketones is 1. The van der Waals surface area contributed by atoms with Gasteiger partial charge in [0.1, 0.15) is 18.1 Å². The SMILES string of the molecule is C=CCOc1cccc(C2/C(=C(\O)c3ccc(Cl)cc3)C(=O)C(=O)N2c2nnc(SCc3ccc(Cl)cc3)s2)c1. The summed E-state index contributed by atoms with van der Waals surface area (Å²) >= 11 is 14.6. The summed E-state index contributed by atoms with van der Waals surface area (Å²) < 4.78 is 6.31. The van der Waals surface area contributed by atoms with Crippen LogP contribution in [-0.2, 0) is 15.3 Å². The quantitative estimate of drug-likeness (QED) is 0.0530. The smallest absolute Gasteiger partial charge is 0.301 e. The highest BCUT2D eigenvalue weighted by molar-refractivity contribution is 8.00. The van der Waals surface area contributed by atoms with Crippen LogP contribution in [0.5, 0.6) is 5.75 Å². The van der Waals surface area contributed by atoms with E-state index >= 15 is 0 Å². The van der Waals surface area contributed by atoms with Crippen LogP contribution in [0.1, 0.15) is 22.7 Å². The molecule has 1 aromatic heterocycles. The van der Waals surface area contributed by atoms with E-state index in [1.807, 2.05) is 24.3 Å². The van der Waals surface area contributed by atoms with Crippen molar-refractivity contribution in [3.63, 3.8) is 0 Å². The fraction of sp³-hybridized carbons (Fsp3) is 0.103. The van der Waals surface area contributed by atoms with E-state index in [0.717, 1.165) is 5.56 Å². The van der Waals surface area contributed by atoms with Gasteiger partial charge in [-0.05, 0) is 59.7 Å². The van der Waals surface area contributed by atoms with Gasteiger partial charge in [0, 0.05) is 21.4 Å². The van der Waals surface area contributed by atoms with Gasteiger partial charge in [-0.3, -0.25) is 14.5 Å². The van der Waals surface area contributed by atoms with Crippen LogP contribution in [0.2, 0.25) is 10.0 Å². The number of benzene rings is 3. The zero-order valence-electron chi connectivity index (χ0n) is 20.8. The van der Waals surface area contributed by atoms with Crippen LogP contribution >= 0.6 is 46.3 Å². The summed E-state index contributed by atoms with van der Waals surface area (Å²) in [7, 11) is 0. The van der Waals surface area contributed by atoms with Crippen LogP contribution in [-0.4, -0.2) is 33.6 Å². The van der Waals surface area contributed by atoms with Gasteiger partial charge in [0.2, 0.25) is 5.13 Å². The number of ether oxygens (including phenoxy) is 1. The van der Waals surface area contributed by atoms with E-state index in [4.69, 9.17) is 27.9 Å². The Hall–Kier alpha value is -3.63. The summed E-state index contributed by atoms with van der Waals surface area (Å²) in [6, 6.07) is 19.9. The topological polar surface area (TPSA) is 92.6 Å². The molecule has 1 amide bonds. The molecule has 0 radical (unpaired) electrons. The zero-order valence-corrected chi connectivity index (χ0v) is 23.9. The number of amides is 1. The Morgan fingerprint density at radius 2 is 1.75 bits per heavy atom. The number of carbonyl (C=O) groups excluding carboxylic acids is 2. The minimum atomic E-state index is -0.968. The highest BCUT2D eigenvalue weighted by atomic mass is 35.5. The first-order valence-corrected chi connectivity index (χ1v) is 14.5. The zero-order chi connectivity index (χ0) is 28.2. The molecule has 2 heterocycles. The molecule has 0 saturated carbocycles. The summed E-state index contributed by atoms with van der Waals surface area (Å²) in [5, 5.41) is 21.1. The maximum absolute atomic E-state index is 13.5. The van der Waals surface area contributed by atoms with Crippen LogP contribution < -0.4 is 9.64 Å². The maximum atomic E-state index is 13.5. The summed E-state index contributed by atoms with van der Waals surface area (Å²) in [4.78, 5) is 28.1. The third-order valence-electron chi connectivity index (χ3n) is 5.98. The molecule has 40 heavy (non-hydrogen) atoms. The second-order valence-corrected chi connectivity index (χ2v) is 11.7. The summed E-state index contributed by atoms with van der Waals surface area (Å²) in [5.41, 5.74) is 1.88. The molecule has 0 spiro atoms. The van der Waals surface area contributed by atoms with Gasteiger partial charge in [0.15, 0.2) is 4.34 Å². The van der Waals surface area contributed by atoms with Gasteiger partial charge >= 0.3 is 5.91 Å². The number of carbonyl (C=O) groups is 2. The van der Waals surface area contributed by atoms with Gasteiger partial charge in [0.05, 0.1) is 11.6 Å². The number of halogens is 2. The van der Waals surface area contributed by atoms with Gasteiger partial charge in [0.25, 0.3) is 5.78 Å². The van der Waals surface area contributed by atoms with E-state index in [0.29, 0.717) is 37.0 Å². The van der Waals surface area contributed by atoms with Crippen LogP contribution in [0.15, 0.2) is 95.4 Å². The third-order valence-corrected chi connectivity index (χ3v) is 8.61. The van der Waals surface area contributed by atoms with Crippen molar-refractivity contribution in [3.8, 4) is 5.75 Å². The number of hydrogen-bond acceptors (Lipinski definition) is 8. The highest BCUT2D eigenvalue weighted by Gasteiger charge is 2.48. The van der Waals surface area contributed by atoms with E-state index in [9.17, 15) is 14.7 Å². The van der Waals surface area contributed by atoms with Crippen molar-refractivity contribution in [2.24, 2.45) is 0 Å². The van der Waals surface area contributed by atoms with E-state index in [1.165, 1.54) is 28.0 Å². The number of Topliss-reactive ketones (excluding diaryl/α,β-unsaturated/α-hetero) is 1. The van der Waals surface area contributed by atoms with Crippen molar-refractivity contribution in [1.82, 2.24) is 10.2 Å². The summed E-state index contributed by atoms with van der Waals surface area (Å²) in [6.07, 6.45) is 1.61. The average molecular weight is 611 g/mol. The summed E-state index contributed by atoms with van der Waals surface area (Å²) in [5.74, 6) is -0.829. The standard InChI is InChI=1S/C29H21Cl2N3O4S2/c1-2-14-38-22-5-3-4-19(15-22)24-23(25(35)18-8-12-21(31)13-9-18)26(36)27(37)34(24)28-32-33-29(40-28)39-16-17-6-10-20(30)11-7-17/h2-13,15,24,35H,1,14,16H2/b25-23+. The molecule has 1 aliphatic heterocycles. The van der Waals surface area contributed by atoms with Crippen molar-refractivity contribution in [3.05, 3.63) is 118 Å². The molecule has 3 aromatic carbocycles. The minimum Gasteiger partial charge on any atom is -0.507 e. The molecule has 1 fully saturated rings. The van der Waals surface area contributed by atoms with E-state index in [1.54, 1.807) is 54.6 Å². The number of nitrogens with zero attached hydrogens (tertiary/aromatic N) is 3. The lowest BCUT2D eigenvalue weighted by Crippen LogP contribution is -2.29. The van der Waals surface area contributed by atoms with Crippen molar-refractivity contribution >= 4 is 68.9 Å². The maximum Gasteiger partial charge on any atom is 0.301 e. The predicted molar refractivity (Wildman–Crippen MR) is 159 cm³/mol. The first kappa shape index (κ1) is 27.9. The lowest BCUT2D eigenvalue weighted by Gasteiger charge is -2.23. The molecular weight excluding hydrogens is 589 g/mol. The Balaban J connectivity index is 1.54. The fourth-order valence-corrected chi connectivity index (χ4v) is 6.20. The van der Waals surface area contributed by atoms with E-state index in [-0.39, 0.29) is 23.1 Å². The molecule has 1 unspecified atom stereocenters. The molecule has 1 N–H and O–H groups in total. The summed E-state index contributed by atoms with van der Waals surface area (Å²) in [6.45, 7) is 3.95. The molecule has 11 heteroatoms. The lowest BCUT2D eigenvalue weighted by atomic mass is 9.95. The van der Waals surface area contributed by atoms with Crippen LogP contribution in [0.25, 0.3) is 5.76 Å². The van der Waals surface area contributed by atoms with Crippen LogP contribution in [0.4, 0.5) is 5.13 Å². The normalized spacial score (nSPS) is 16.4. The molecule has 1 aliphatic rings. The van der Waals surface area contributed by atoms with Gasteiger partial charge < -0.3 is 9.84 Å². The lowest BCUT2D eigenvalue weighted by molar-refractivity contribution is -0.132. The third kappa shape index (κ3) is 5.93. The van der Waals surface area contributed by atoms with Gasteiger partial charge in [-0.15, -0.1) is 10.2 Å². The molecule has 1 atom stereocenters. The van der Waals surface area contributed by atoms with E-state index < -0.39 is 17.7 Å². The van der Waals surface area contributed by atoms with Crippen molar-refractivity contribution in [2.75, 3.05) is 11.5 Å². The van der Waals surface area contributed by atoms with Crippen molar-refractivity contribution < 1.29 is 19.4 Å². The number of aliphatic hydroxyl groups is 1. The molecule has 5 rings (SSSR count). The molecule has 7 nitrogen and oxygen atoms in total. The van der Waals surface area contributed by atoms with Gasteiger partial charge in [-0.2, -0.15) is 0 Å². The highest BCUT2D eigenvalue weighted by Crippen LogP contribution is 2.44. The molecule has 1 saturated heterocycles. The van der Waals surface area contributed by atoms with Crippen LogP contribution in [0.3, 0.4) is 0 Å². The Bertz CT molecular complexity index is 1600. The minimum absolute atomic E-state index is 0.0706. The fourth-order valence-electron chi connectivity index (χ4n) is 4.12. The second kappa shape index (κ2) is 12.3. The van der Waals surface area contributed by atoms with Gasteiger partial charge in [-0.25, -0.2) is 0 Å². The Morgan fingerprint density at radius 1 is 1.05 bits per heavy atom. The monoisotopic (exact) mass is 609 g/mol. The van der Waals surface area contributed by atoms with E-state index in [2.05, 4.69) is 16.8 Å². The molecular formula is C29H21Cl2N3O4S2. The Kier molecular flexibility index (Phi) is 8.56. The number of aromatic nitrogens is 2.